The molecule has 2 unspecified atom stereocenters. The molecule has 0 saturated carbocycles. The number of carbonyl (C=O) groups is 2. The minimum absolute atomic E-state index is 0.0459. The monoisotopic (exact) mass is 562 g/mol. The van der Waals surface area contributed by atoms with E-state index in [-0.39, 0.29) is 24.6 Å². The fourth-order valence-corrected chi connectivity index (χ4v) is 4.70. The van der Waals surface area contributed by atoms with E-state index in [2.05, 4.69) is 15.6 Å². The van der Waals surface area contributed by atoms with Gasteiger partial charge in [0.1, 0.15) is 24.1 Å². The molecule has 41 heavy (non-hydrogen) atoms. The fourth-order valence-electron chi connectivity index (χ4n) is 4.70. The molecule has 12 heteroatoms. The summed E-state index contributed by atoms with van der Waals surface area (Å²) in [6, 6.07) is 17.3. The van der Waals surface area contributed by atoms with E-state index < -0.39 is 48.5 Å². The molecule has 1 aromatic heterocycles. The summed E-state index contributed by atoms with van der Waals surface area (Å²) in [6.45, 7) is 2.30. The predicted molar refractivity (Wildman–Crippen MR) is 147 cm³/mol. The molecule has 0 radical (unpaired) electrons. The summed E-state index contributed by atoms with van der Waals surface area (Å²) in [7, 11) is 0. The Hall–Kier alpha value is -4.36. The van der Waals surface area contributed by atoms with Crippen molar-refractivity contribution in [2.75, 3.05) is 18.5 Å². The van der Waals surface area contributed by atoms with Gasteiger partial charge in [0.05, 0.1) is 18.8 Å². The summed E-state index contributed by atoms with van der Waals surface area (Å²) in [4.78, 5) is 40.3. The van der Waals surface area contributed by atoms with Crippen LogP contribution in [-0.4, -0.2) is 64.4 Å². The van der Waals surface area contributed by atoms with Crippen LogP contribution in [0.2, 0.25) is 0 Å². The van der Waals surface area contributed by atoms with Crippen molar-refractivity contribution >= 4 is 23.9 Å². The number of hydrogen-bond acceptors (Lipinski definition) is 8. The average Bonchev–Trinajstić information content (AvgIpc) is 3.52. The van der Waals surface area contributed by atoms with E-state index in [9.17, 15) is 19.5 Å². The number of benzene rings is 2. The largest absolute Gasteiger partial charge is 0.478 e. The summed E-state index contributed by atoms with van der Waals surface area (Å²) in [5, 5.41) is 14.5. The van der Waals surface area contributed by atoms with Gasteiger partial charge in [0, 0.05) is 12.7 Å². The highest BCUT2D eigenvalue weighted by atomic mass is 16.8. The van der Waals surface area contributed by atoms with Gasteiger partial charge in [-0.3, -0.25) is 9.88 Å². The van der Waals surface area contributed by atoms with Gasteiger partial charge in [-0.05, 0) is 36.3 Å². The van der Waals surface area contributed by atoms with Crippen LogP contribution in [-0.2, 0) is 25.6 Å². The van der Waals surface area contributed by atoms with Gasteiger partial charge in [-0.15, -0.1) is 0 Å². The lowest BCUT2D eigenvalue weighted by atomic mass is 10.1. The maximum atomic E-state index is 13.0. The Kier molecular flexibility index (Phi) is 8.85. The number of aromatic nitrogens is 2. The van der Waals surface area contributed by atoms with Crippen molar-refractivity contribution in [1.82, 2.24) is 14.9 Å². The second kappa shape index (κ2) is 12.9. The number of urea groups is 1. The van der Waals surface area contributed by atoms with Crippen molar-refractivity contribution in [3.8, 4) is 0 Å². The molecule has 0 spiro atoms. The number of fused-ring (bicyclic) bond motifs is 1. The molecule has 2 aromatic carbocycles. The van der Waals surface area contributed by atoms with E-state index in [1.54, 1.807) is 31.2 Å². The van der Waals surface area contributed by atoms with E-state index in [1.165, 1.54) is 22.9 Å². The zero-order valence-corrected chi connectivity index (χ0v) is 22.2. The van der Waals surface area contributed by atoms with E-state index in [0.717, 1.165) is 5.56 Å². The molecule has 0 bridgehead atoms. The van der Waals surface area contributed by atoms with Crippen molar-refractivity contribution in [3.63, 3.8) is 0 Å². The average molecular weight is 563 g/mol. The van der Waals surface area contributed by atoms with Crippen molar-refractivity contribution < 1.29 is 33.6 Å². The number of carboxylic acids is 1. The summed E-state index contributed by atoms with van der Waals surface area (Å²) in [5.41, 5.74) is 0.999. The van der Waals surface area contributed by atoms with Gasteiger partial charge >= 0.3 is 17.7 Å². The lowest BCUT2D eigenvalue weighted by molar-refractivity contribution is -0.141. The maximum absolute atomic E-state index is 13.0. The Balaban J connectivity index is 1.33. The van der Waals surface area contributed by atoms with Crippen LogP contribution >= 0.6 is 0 Å². The number of nitrogens with zero attached hydrogens (tertiary/aromatic N) is 2. The molecule has 2 aliphatic heterocycles. The molecule has 2 saturated heterocycles. The Labute approximate surface area is 235 Å². The lowest BCUT2D eigenvalue weighted by Gasteiger charge is -2.21. The molecule has 214 valence electrons. The van der Waals surface area contributed by atoms with E-state index in [4.69, 9.17) is 18.9 Å². The second-order valence-electron chi connectivity index (χ2n) is 9.37. The molecule has 12 nitrogen and oxygen atoms in total. The van der Waals surface area contributed by atoms with Crippen LogP contribution in [0.3, 0.4) is 0 Å². The highest BCUT2D eigenvalue weighted by Gasteiger charge is 2.53. The molecule has 2 fully saturated rings. The standard InChI is InChI=1S/C29H30N4O8/c1-2-30-28(36)31-22-14-15-33(29(37)32-22)26-25-24(40-23(41-25)13-12-18-8-4-3-5-9-18)21(39-26)17-38-16-19-10-6-7-11-20(19)27(34)35/h3-15,21,23-26H,2,16-17H2,1H3,(H,34,35)(H2,30,31,32,36,37)/b13-12+/t21-,23+,24?,25?,26-/m1/s1. The van der Waals surface area contributed by atoms with Crippen LogP contribution in [0.15, 0.2) is 77.7 Å². The van der Waals surface area contributed by atoms with Crippen molar-refractivity contribution in [3.05, 3.63) is 100 Å². The molecule has 3 aromatic rings. The zero-order valence-electron chi connectivity index (χ0n) is 22.2. The third-order valence-electron chi connectivity index (χ3n) is 6.58. The highest BCUT2D eigenvalue weighted by molar-refractivity contribution is 5.89. The normalized spacial score (nSPS) is 23.4. The van der Waals surface area contributed by atoms with Crippen LogP contribution < -0.4 is 16.3 Å². The van der Waals surface area contributed by atoms with Crippen LogP contribution in [0.4, 0.5) is 10.6 Å². The highest BCUT2D eigenvalue weighted by Crippen LogP contribution is 2.39. The number of nitrogens with one attached hydrogen (secondary N) is 2. The van der Waals surface area contributed by atoms with Crippen LogP contribution in [0.5, 0.6) is 0 Å². The molecule has 5 atom stereocenters. The number of anilines is 1. The number of carbonyl (C=O) groups excluding carboxylic acids is 1. The first-order valence-electron chi connectivity index (χ1n) is 13.2. The fraction of sp³-hybridized carbons (Fsp3) is 0.310. The number of hydrogen-bond donors (Lipinski definition) is 3. The topological polar surface area (TPSA) is 150 Å². The summed E-state index contributed by atoms with van der Waals surface area (Å²) in [5.74, 6) is -0.949. The number of rotatable bonds is 10. The summed E-state index contributed by atoms with van der Waals surface area (Å²) in [6.07, 6.45) is 1.68. The maximum Gasteiger partial charge on any atom is 0.351 e. The minimum Gasteiger partial charge on any atom is -0.478 e. The molecule has 5 rings (SSSR count). The molecule has 2 aliphatic rings. The van der Waals surface area contributed by atoms with Crippen LogP contribution in [0.1, 0.15) is 34.6 Å². The summed E-state index contributed by atoms with van der Waals surface area (Å²) >= 11 is 0. The van der Waals surface area contributed by atoms with E-state index in [0.29, 0.717) is 12.1 Å². The third kappa shape index (κ3) is 6.69. The summed E-state index contributed by atoms with van der Waals surface area (Å²) < 4.78 is 25.7. The zero-order chi connectivity index (χ0) is 28.8. The Bertz CT molecular complexity index is 1460. The van der Waals surface area contributed by atoms with Gasteiger partial charge in [0.25, 0.3) is 0 Å². The minimum atomic E-state index is -1.04. The first-order valence-corrected chi connectivity index (χ1v) is 13.2. The van der Waals surface area contributed by atoms with Crippen molar-refractivity contribution in [1.29, 1.82) is 0 Å². The Morgan fingerprint density at radius 1 is 1.05 bits per heavy atom. The van der Waals surface area contributed by atoms with Gasteiger partial charge in [0.15, 0.2) is 12.5 Å². The van der Waals surface area contributed by atoms with Crippen LogP contribution in [0, 0.1) is 0 Å². The molecular formula is C29H30N4O8. The van der Waals surface area contributed by atoms with Gasteiger partial charge in [-0.1, -0.05) is 54.6 Å². The Morgan fingerprint density at radius 2 is 1.80 bits per heavy atom. The first-order chi connectivity index (χ1) is 19.9. The number of ether oxygens (including phenoxy) is 4. The lowest BCUT2D eigenvalue weighted by Crippen LogP contribution is -2.35. The smallest absolute Gasteiger partial charge is 0.351 e. The van der Waals surface area contributed by atoms with Crippen LogP contribution in [0.25, 0.3) is 6.08 Å². The molecule has 2 amide bonds. The molecular weight excluding hydrogens is 532 g/mol. The van der Waals surface area contributed by atoms with E-state index in [1.807, 2.05) is 36.4 Å². The Morgan fingerprint density at radius 3 is 2.56 bits per heavy atom. The van der Waals surface area contributed by atoms with Gasteiger partial charge in [0.2, 0.25) is 0 Å². The molecule has 0 aliphatic carbocycles. The van der Waals surface area contributed by atoms with Gasteiger partial charge in [-0.25, -0.2) is 14.4 Å². The van der Waals surface area contributed by atoms with E-state index >= 15 is 0 Å². The van der Waals surface area contributed by atoms with Gasteiger partial charge < -0.3 is 29.4 Å². The number of amides is 2. The van der Waals surface area contributed by atoms with Crippen molar-refractivity contribution in [2.24, 2.45) is 0 Å². The quantitative estimate of drug-likeness (QED) is 0.339. The predicted octanol–water partition coefficient (Wildman–Crippen LogP) is 3.02. The number of aromatic carboxylic acids is 1. The molecule has 3 heterocycles. The first kappa shape index (κ1) is 28.2. The number of carboxylic acid groups (broad SMARTS) is 1. The third-order valence-corrected chi connectivity index (χ3v) is 6.58. The second-order valence-corrected chi connectivity index (χ2v) is 9.37. The molecule has 3 N–H and O–H groups in total. The van der Waals surface area contributed by atoms with Gasteiger partial charge in [-0.2, -0.15) is 4.98 Å². The SMILES string of the molecule is CCNC(=O)Nc1ccn([C@@H]2O[C@H](COCc3ccccc3C(=O)O)C3O[C@H](/C=C/c4ccccc4)OC32)c(=O)n1. The van der Waals surface area contributed by atoms with Crippen molar-refractivity contribution in [2.45, 2.75) is 44.4 Å².